The number of fused-ring (bicyclic) bond motifs is 1. The fourth-order valence-electron chi connectivity index (χ4n) is 2.54. The van der Waals surface area contributed by atoms with Crippen LogP contribution in [0.2, 0.25) is 0 Å². The van der Waals surface area contributed by atoms with Crippen molar-refractivity contribution >= 4 is 5.65 Å². The molecular formula is C17H13F3N6O3. The van der Waals surface area contributed by atoms with Gasteiger partial charge in [-0.25, -0.2) is 4.98 Å². The highest BCUT2D eigenvalue weighted by Gasteiger charge is 2.32. The van der Waals surface area contributed by atoms with E-state index in [1.165, 1.54) is 29.8 Å². The van der Waals surface area contributed by atoms with Crippen LogP contribution in [0.5, 0.6) is 11.6 Å². The first-order chi connectivity index (χ1) is 13.8. The van der Waals surface area contributed by atoms with E-state index in [1.807, 2.05) is 0 Å². The van der Waals surface area contributed by atoms with Gasteiger partial charge in [-0.15, -0.1) is 15.3 Å². The minimum Gasteiger partial charge on any atom is -0.491 e. The molecular weight excluding hydrogens is 393 g/mol. The van der Waals surface area contributed by atoms with E-state index >= 15 is 0 Å². The molecule has 0 radical (unpaired) electrons. The van der Waals surface area contributed by atoms with Crippen LogP contribution in [0.3, 0.4) is 0 Å². The molecule has 0 amide bonds. The van der Waals surface area contributed by atoms with Crippen molar-refractivity contribution in [3.63, 3.8) is 0 Å². The molecule has 0 bridgehead atoms. The zero-order valence-electron chi connectivity index (χ0n) is 15.1. The van der Waals surface area contributed by atoms with Crippen LogP contribution in [0.4, 0.5) is 13.2 Å². The number of hydrogen-bond acceptors (Lipinski definition) is 8. The molecule has 0 aliphatic carbocycles. The van der Waals surface area contributed by atoms with Crippen LogP contribution in [-0.2, 0) is 12.8 Å². The van der Waals surface area contributed by atoms with Gasteiger partial charge in [-0.1, -0.05) is 11.2 Å². The first kappa shape index (κ1) is 18.7. The molecule has 0 aliphatic rings. The average molecular weight is 406 g/mol. The van der Waals surface area contributed by atoms with E-state index in [4.69, 9.17) is 14.0 Å². The Morgan fingerprint density at radius 2 is 2.00 bits per heavy atom. The molecule has 0 saturated heterocycles. The van der Waals surface area contributed by atoms with Crippen LogP contribution in [0.25, 0.3) is 17.2 Å². The number of methoxy groups -OCH3 is 1. The molecule has 0 atom stereocenters. The summed E-state index contributed by atoms with van der Waals surface area (Å²) in [6.07, 6.45) is -4.54. The summed E-state index contributed by atoms with van der Waals surface area (Å²) in [5.74, 6) is 1.15. The van der Waals surface area contributed by atoms with Crippen LogP contribution in [0, 0.1) is 6.92 Å². The van der Waals surface area contributed by atoms with Gasteiger partial charge in [0, 0.05) is 12.1 Å². The SMILES string of the molecule is COc1cc2nnc(-c3cc(C)on3)n2nc1OCc1cccc(C(F)(F)F)n1. The number of nitrogens with zero attached hydrogens (tertiary/aromatic N) is 6. The van der Waals surface area contributed by atoms with Crippen LogP contribution < -0.4 is 9.47 Å². The molecule has 0 spiro atoms. The van der Waals surface area contributed by atoms with Gasteiger partial charge in [0.2, 0.25) is 5.82 Å². The molecule has 29 heavy (non-hydrogen) atoms. The molecule has 4 rings (SSSR count). The van der Waals surface area contributed by atoms with Gasteiger partial charge in [0.25, 0.3) is 5.88 Å². The minimum atomic E-state index is -4.54. The lowest BCUT2D eigenvalue weighted by Crippen LogP contribution is -2.11. The molecule has 0 saturated carbocycles. The second kappa shape index (κ2) is 7.04. The van der Waals surface area contributed by atoms with Gasteiger partial charge in [0.05, 0.1) is 12.8 Å². The van der Waals surface area contributed by atoms with Gasteiger partial charge in [-0.2, -0.15) is 17.7 Å². The maximum Gasteiger partial charge on any atom is 0.433 e. The predicted octanol–water partition coefficient (Wildman–Crippen LogP) is 3.09. The number of aromatic nitrogens is 6. The molecule has 0 N–H and O–H groups in total. The lowest BCUT2D eigenvalue weighted by atomic mass is 10.3. The van der Waals surface area contributed by atoms with Gasteiger partial charge in [0.1, 0.15) is 18.1 Å². The van der Waals surface area contributed by atoms with Crippen molar-refractivity contribution in [2.45, 2.75) is 19.7 Å². The number of alkyl halides is 3. The summed E-state index contributed by atoms with van der Waals surface area (Å²) in [7, 11) is 1.40. The topological polar surface area (TPSA) is 100 Å². The van der Waals surface area contributed by atoms with E-state index in [2.05, 4.69) is 25.4 Å². The smallest absolute Gasteiger partial charge is 0.433 e. The van der Waals surface area contributed by atoms with Gasteiger partial charge in [-0.05, 0) is 19.1 Å². The molecule has 12 heteroatoms. The van der Waals surface area contributed by atoms with Crippen molar-refractivity contribution in [3.05, 3.63) is 47.5 Å². The Balaban J connectivity index is 1.66. The molecule has 150 valence electrons. The summed E-state index contributed by atoms with van der Waals surface area (Å²) in [5.41, 5.74) is -0.142. The third-order valence-electron chi connectivity index (χ3n) is 3.86. The monoisotopic (exact) mass is 406 g/mol. The van der Waals surface area contributed by atoms with Crippen molar-refractivity contribution in [1.82, 2.24) is 30.0 Å². The molecule has 4 aromatic heterocycles. The van der Waals surface area contributed by atoms with Crippen LogP contribution in [0.1, 0.15) is 17.1 Å². The van der Waals surface area contributed by atoms with Gasteiger partial charge in [-0.3, -0.25) is 0 Å². The zero-order valence-corrected chi connectivity index (χ0v) is 15.1. The minimum absolute atomic E-state index is 0.0282. The molecule has 4 aromatic rings. The van der Waals surface area contributed by atoms with Crippen molar-refractivity contribution in [2.24, 2.45) is 0 Å². The Kier molecular flexibility index (Phi) is 4.53. The lowest BCUT2D eigenvalue weighted by molar-refractivity contribution is -0.141. The summed E-state index contributed by atoms with van der Waals surface area (Å²) in [6.45, 7) is 1.48. The van der Waals surface area contributed by atoms with Crippen LogP contribution >= 0.6 is 0 Å². The van der Waals surface area contributed by atoms with E-state index in [1.54, 1.807) is 13.0 Å². The van der Waals surface area contributed by atoms with Crippen LogP contribution in [-0.4, -0.2) is 37.1 Å². The predicted molar refractivity (Wildman–Crippen MR) is 91.1 cm³/mol. The third-order valence-corrected chi connectivity index (χ3v) is 3.86. The summed E-state index contributed by atoms with van der Waals surface area (Å²) in [5, 5.41) is 16.2. The summed E-state index contributed by atoms with van der Waals surface area (Å²) in [4.78, 5) is 3.56. The molecule has 0 unspecified atom stereocenters. The molecule has 0 aromatic carbocycles. The van der Waals surface area contributed by atoms with E-state index in [-0.39, 0.29) is 23.9 Å². The van der Waals surface area contributed by atoms with Crippen LogP contribution in [0.15, 0.2) is 34.9 Å². The Morgan fingerprint density at radius 3 is 2.69 bits per heavy atom. The Labute approximate surface area is 161 Å². The Morgan fingerprint density at radius 1 is 1.17 bits per heavy atom. The average Bonchev–Trinajstić information content (AvgIpc) is 3.30. The zero-order chi connectivity index (χ0) is 20.6. The standard InChI is InChI=1S/C17H13F3N6O3/c1-9-6-11(25-29-9)15-23-22-14-7-12(27-2)16(24-26(14)15)28-8-10-4-3-5-13(21-10)17(18,19)20/h3-7H,8H2,1-2H3. The largest absolute Gasteiger partial charge is 0.491 e. The number of rotatable bonds is 5. The highest BCUT2D eigenvalue weighted by Crippen LogP contribution is 2.29. The normalized spacial score (nSPS) is 11.8. The van der Waals surface area contributed by atoms with Gasteiger partial charge in [0.15, 0.2) is 17.1 Å². The van der Waals surface area contributed by atoms with Gasteiger partial charge >= 0.3 is 6.18 Å². The van der Waals surface area contributed by atoms with E-state index in [9.17, 15) is 13.2 Å². The van der Waals surface area contributed by atoms with Crippen molar-refractivity contribution in [3.8, 4) is 23.1 Å². The Hall–Kier alpha value is -3.70. The van der Waals surface area contributed by atoms with E-state index in [0.29, 0.717) is 22.9 Å². The first-order valence-corrected chi connectivity index (χ1v) is 8.25. The lowest BCUT2D eigenvalue weighted by Gasteiger charge is -2.11. The maximum atomic E-state index is 12.8. The summed E-state index contributed by atoms with van der Waals surface area (Å²) >= 11 is 0. The number of ether oxygens (including phenoxy) is 2. The number of halogens is 3. The first-order valence-electron chi connectivity index (χ1n) is 8.25. The van der Waals surface area contributed by atoms with E-state index in [0.717, 1.165) is 6.07 Å². The summed E-state index contributed by atoms with van der Waals surface area (Å²) in [6, 6.07) is 6.76. The number of hydrogen-bond donors (Lipinski definition) is 0. The van der Waals surface area contributed by atoms with Crippen molar-refractivity contribution in [1.29, 1.82) is 0 Å². The Bertz CT molecular complexity index is 1170. The third kappa shape index (κ3) is 3.68. The fraction of sp³-hybridized carbons (Fsp3) is 0.235. The van der Waals surface area contributed by atoms with Gasteiger partial charge < -0.3 is 14.0 Å². The maximum absolute atomic E-state index is 12.8. The fourth-order valence-corrected chi connectivity index (χ4v) is 2.54. The molecule has 0 fully saturated rings. The molecule has 9 nitrogen and oxygen atoms in total. The molecule has 4 heterocycles. The number of aryl methyl sites for hydroxylation is 1. The second-order valence-corrected chi connectivity index (χ2v) is 5.93. The highest BCUT2D eigenvalue weighted by molar-refractivity contribution is 5.56. The summed E-state index contributed by atoms with van der Waals surface area (Å²) < 4.78 is 55.7. The van der Waals surface area contributed by atoms with E-state index < -0.39 is 11.9 Å². The quantitative estimate of drug-likeness (QED) is 0.498. The highest BCUT2D eigenvalue weighted by atomic mass is 19.4. The second-order valence-electron chi connectivity index (χ2n) is 5.93. The number of pyridine rings is 1. The van der Waals surface area contributed by atoms with Crippen molar-refractivity contribution in [2.75, 3.05) is 7.11 Å². The van der Waals surface area contributed by atoms with Crippen molar-refractivity contribution < 1.29 is 27.2 Å². The molecule has 0 aliphatic heterocycles.